The Hall–Kier alpha value is -1.56. The number of rotatable bonds is 1. The molecule has 0 aliphatic carbocycles. The molecule has 23 heavy (non-hydrogen) atoms. The molecule has 0 radical (unpaired) electrons. The lowest BCUT2D eigenvalue weighted by molar-refractivity contribution is -0.165. The number of alkyl halides is 2. The van der Waals surface area contributed by atoms with Crippen molar-refractivity contribution in [3.8, 4) is 0 Å². The van der Waals surface area contributed by atoms with E-state index < -0.39 is 29.6 Å². The van der Waals surface area contributed by atoms with Crippen molar-refractivity contribution in [1.29, 1.82) is 0 Å². The van der Waals surface area contributed by atoms with E-state index in [4.69, 9.17) is 4.74 Å². The highest BCUT2D eigenvalue weighted by Gasteiger charge is 2.58. The Morgan fingerprint density at radius 2 is 2.13 bits per heavy atom. The molecule has 1 unspecified atom stereocenters. The topological polar surface area (TPSA) is 42.4 Å². The zero-order valence-corrected chi connectivity index (χ0v) is 13.8. The quantitative estimate of drug-likeness (QED) is 0.744. The van der Waals surface area contributed by atoms with Crippen LogP contribution in [0.15, 0.2) is 18.3 Å². The molecule has 3 atom stereocenters. The predicted molar refractivity (Wildman–Crippen MR) is 81.3 cm³/mol. The summed E-state index contributed by atoms with van der Waals surface area (Å²) in [5, 5.41) is 0. The maximum Gasteiger partial charge on any atom is 0.324 e. The molecule has 0 spiro atoms. The maximum absolute atomic E-state index is 14.4. The van der Waals surface area contributed by atoms with Gasteiger partial charge in [0.2, 0.25) is 0 Å². The lowest BCUT2D eigenvalue weighted by atomic mass is 9.83. The number of esters is 1. The molecular weight excluding hydrogens is 302 g/mol. The Morgan fingerprint density at radius 1 is 1.43 bits per heavy atom. The first kappa shape index (κ1) is 16.3. The summed E-state index contributed by atoms with van der Waals surface area (Å²) in [7, 11) is 0. The first-order valence-electron chi connectivity index (χ1n) is 7.93. The molecule has 0 bridgehead atoms. The van der Waals surface area contributed by atoms with Gasteiger partial charge >= 0.3 is 5.97 Å². The van der Waals surface area contributed by atoms with E-state index in [2.05, 4.69) is 4.98 Å². The van der Waals surface area contributed by atoms with Crippen molar-refractivity contribution in [2.45, 2.75) is 63.6 Å². The lowest BCUT2D eigenvalue weighted by Crippen LogP contribution is -2.51. The molecule has 126 valence electrons. The Kier molecular flexibility index (Phi) is 3.71. The molecule has 6 heteroatoms. The summed E-state index contributed by atoms with van der Waals surface area (Å²) in [6.45, 7) is 7.39. The summed E-state index contributed by atoms with van der Waals surface area (Å²) in [4.78, 5) is 18.4. The van der Waals surface area contributed by atoms with Gasteiger partial charge in [0.1, 0.15) is 17.7 Å². The van der Waals surface area contributed by atoms with Crippen LogP contribution >= 0.6 is 0 Å². The molecule has 0 N–H and O–H groups in total. The summed E-state index contributed by atoms with van der Waals surface area (Å²) in [5.41, 5.74) is 0.456. The number of carbonyl (C=O) groups excluding carboxylic acids is 1. The third-order valence-corrected chi connectivity index (χ3v) is 4.53. The number of nitrogens with zero attached hydrogens (tertiary/aromatic N) is 2. The molecule has 1 saturated heterocycles. The maximum atomic E-state index is 14.4. The minimum absolute atomic E-state index is 0.169. The van der Waals surface area contributed by atoms with E-state index in [1.807, 2.05) is 6.92 Å². The van der Waals surface area contributed by atoms with Gasteiger partial charge in [-0.25, -0.2) is 8.78 Å². The Balaban J connectivity index is 2.04. The second-order valence-corrected chi connectivity index (χ2v) is 7.40. The van der Waals surface area contributed by atoms with Crippen LogP contribution < -0.4 is 0 Å². The van der Waals surface area contributed by atoms with Crippen molar-refractivity contribution in [2.24, 2.45) is 0 Å². The number of hydrogen-bond donors (Lipinski definition) is 0. The third kappa shape index (κ3) is 2.73. The van der Waals surface area contributed by atoms with Gasteiger partial charge in [-0.05, 0) is 32.4 Å². The predicted octanol–water partition coefficient (Wildman–Crippen LogP) is 3.29. The van der Waals surface area contributed by atoms with E-state index in [0.29, 0.717) is 11.3 Å². The normalized spacial score (nSPS) is 29.7. The summed E-state index contributed by atoms with van der Waals surface area (Å²) in [6.07, 6.45) is 1.27. The zero-order chi connectivity index (χ0) is 17.0. The second-order valence-electron chi connectivity index (χ2n) is 7.40. The molecule has 3 rings (SSSR count). The fraction of sp³-hybridized carbons (Fsp3) is 0.647. The van der Waals surface area contributed by atoms with Crippen LogP contribution in [-0.2, 0) is 9.53 Å². The van der Waals surface area contributed by atoms with Gasteiger partial charge in [0.05, 0.1) is 5.69 Å². The summed E-state index contributed by atoms with van der Waals surface area (Å²) >= 11 is 0. The van der Waals surface area contributed by atoms with E-state index in [0.717, 1.165) is 0 Å². The molecular formula is C17H22F2N2O2. The summed E-state index contributed by atoms with van der Waals surface area (Å²) in [6, 6.07) is 1.66. The molecule has 0 aromatic carbocycles. The van der Waals surface area contributed by atoms with Gasteiger partial charge in [-0.15, -0.1) is 0 Å². The van der Waals surface area contributed by atoms with Crippen LogP contribution in [0, 0.1) is 0 Å². The van der Waals surface area contributed by atoms with E-state index in [1.54, 1.807) is 37.8 Å². The first-order chi connectivity index (χ1) is 10.6. The van der Waals surface area contributed by atoms with Crippen molar-refractivity contribution >= 4 is 5.97 Å². The van der Waals surface area contributed by atoms with Crippen LogP contribution in [0.1, 0.15) is 57.3 Å². The number of ether oxygens (including phenoxy) is 1. The Morgan fingerprint density at radius 3 is 2.78 bits per heavy atom. The SMILES string of the molecule is CC1c2cccnc2[C@@H]2N(CCC2(F)F)[C@@H]1C(=O)OC(C)(C)C. The fourth-order valence-corrected chi connectivity index (χ4v) is 3.65. The van der Waals surface area contributed by atoms with E-state index in [-0.39, 0.29) is 18.9 Å². The summed E-state index contributed by atoms with van der Waals surface area (Å²) < 4.78 is 34.3. The second kappa shape index (κ2) is 5.23. The van der Waals surface area contributed by atoms with Crippen LogP contribution in [0.5, 0.6) is 0 Å². The van der Waals surface area contributed by atoms with Crippen molar-refractivity contribution in [1.82, 2.24) is 9.88 Å². The highest BCUT2D eigenvalue weighted by molar-refractivity contribution is 5.78. The Labute approximate surface area is 134 Å². The van der Waals surface area contributed by atoms with E-state index in [1.165, 1.54) is 6.20 Å². The van der Waals surface area contributed by atoms with Crippen LogP contribution in [0.25, 0.3) is 0 Å². The number of carbonyl (C=O) groups is 1. The van der Waals surface area contributed by atoms with Crippen LogP contribution in [-0.4, -0.2) is 40.0 Å². The molecule has 2 aliphatic rings. The number of hydrogen-bond acceptors (Lipinski definition) is 4. The van der Waals surface area contributed by atoms with Gasteiger partial charge in [-0.3, -0.25) is 14.7 Å². The lowest BCUT2D eigenvalue weighted by Gasteiger charge is -2.42. The minimum Gasteiger partial charge on any atom is -0.459 e. The molecule has 0 amide bonds. The first-order valence-corrected chi connectivity index (χ1v) is 7.93. The monoisotopic (exact) mass is 324 g/mol. The van der Waals surface area contributed by atoms with Gasteiger partial charge in [0, 0.05) is 25.1 Å². The zero-order valence-electron chi connectivity index (χ0n) is 13.8. The molecule has 1 fully saturated rings. The standard InChI is InChI=1S/C17H22F2N2O2/c1-10-11-6-5-8-20-12(11)14-17(18,19)7-9-21(14)13(10)15(22)23-16(2,3)4/h5-6,8,10,13-14H,7,9H2,1-4H3/t10?,13-,14-/m0/s1. The molecule has 0 saturated carbocycles. The van der Waals surface area contributed by atoms with E-state index >= 15 is 0 Å². The molecule has 4 nitrogen and oxygen atoms in total. The van der Waals surface area contributed by atoms with Crippen LogP contribution in [0.2, 0.25) is 0 Å². The van der Waals surface area contributed by atoms with Gasteiger partial charge in [0.25, 0.3) is 5.92 Å². The van der Waals surface area contributed by atoms with Crippen molar-refractivity contribution in [3.05, 3.63) is 29.6 Å². The number of pyridine rings is 1. The number of halogens is 2. The average molecular weight is 324 g/mol. The molecule has 3 heterocycles. The van der Waals surface area contributed by atoms with Crippen molar-refractivity contribution < 1.29 is 18.3 Å². The highest BCUT2D eigenvalue weighted by atomic mass is 19.3. The van der Waals surface area contributed by atoms with Gasteiger partial charge in [-0.2, -0.15) is 0 Å². The van der Waals surface area contributed by atoms with Gasteiger partial charge < -0.3 is 4.74 Å². The Bertz CT molecular complexity index is 627. The third-order valence-electron chi connectivity index (χ3n) is 4.53. The van der Waals surface area contributed by atoms with Crippen LogP contribution in [0.3, 0.4) is 0 Å². The smallest absolute Gasteiger partial charge is 0.324 e. The minimum atomic E-state index is -2.89. The van der Waals surface area contributed by atoms with Gasteiger partial charge in [-0.1, -0.05) is 13.0 Å². The average Bonchev–Trinajstić information content (AvgIpc) is 2.73. The van der Waals surface area contributed by atoms with Gasteiger partial charge in [0.15, 0.2) is 0 Å². The number of aromatic nitrogens is 1. The van der Waals surface area contributed by atoms with Crippen LogP contribution in [0.4, 0.5) is 8.78 Å². The van der Waals surface area contributed by atoms with E-state index in [9.17, 15) is 13.6 Å². The van der Waals surface area contributed by atoms with Crippen molar-refractivity contribution in [3.63, 3.8) is 0 Å². The highest BCUT2D eigenvalue weighted by Crippen LogP contribution is 2.51. The number of fused-ring (bicyclic) bond motifs is 3. The summed E-state index contributed by atoms with van der Waals surface area (Å²) in [5.74, 6) is -3.57. The molecule has 2 aliphatic heterocycles. The van der Waals surface area contributed by atoms with Crippen molar-refractivity contribution in [2.75, 3.05) is 6.54 Å². The molecule has 1 aromatic heterocycles. The largest absolute Gasteiger partial charge is 0.459 e. The fourth-order valence-electron chi connectivity index (χ4n) is 3.65. The molecule has 1 aromatic rings.